The molecule has 2 bridgehead atoms. The van der Waals surface area contributed by atoms with Crippen LogP contribution in [0, 0.1) is 11.8 Å². The van der Waals surface area contributed by atoms with Gasteiger partial charge in [0.15, 0.2) is 23.0 Å². The Balaban J connectivity index is 2.19. The van der Waals surface area contributed by atoms with Crippen molar-refractivity contribution in [2.45, 2.75) is 26.1 Å². The van der Waals surface area contributed by atoms with Crippen LogP contribution in [0.4, 0.5) is 0 Å². The van der Waals surface area contributed by atoms with Gasteiger partial charge in [-0.1, -0.05) is 13.8 Å². The van der Waals surface area contributed by atoms with Gasteiger partial charge in [0.25, 0.3) is 0 Å². The van der Waals surface area contributed by atoms with Gasteiger partial charge in [-0.15, -0.1) is 0 Å². The Morgan fingerprint density at radius 1 is 0.733 bits per heavy atom. The van der Waals surface area contributed by atoms with Crippen LogP contribution in [0.2, 0.25) is 0 Å². The van der Waals surface area contributed by atoms with E-state index in [4.69, 9.17) is 28.4 Å². The van der Waals surface area contributed by atoms with Crippen LogP contribution in [0.5, 0.6) is 34.5 Å². The Kier molecular flexibility index (Phi) is 5.10. The van der Waals surface area contributed by atoms with E-state index in [1.807, 2.05) is 12.1 Å². The van der Waals surface area contributed by atoms with Crippen molar-refractivity contribution in [2.75, 3.05) is 35.5 Å². The molecule has 7 nitrogen and oxygen atoms in total. The normalized spacial score (nSPS) is 23.8. The molecule has 0 amide bonds. The van der Waals surface area contributed by atoms with Crippen molar-refractivity contribution in [3.8, 4) is 45.6 Å². The number of benzene rings is 2. The molecule has 2 aliphatic heterocycles. The molecule has 0 saturated carbocycles. The van der Waals surface area contributed by atoms with Crippen LogP contribution in [-0.2, 0) is 4.74 Å². The summed E-state index contributed by atoms with van der Waals surface area (Å²) < 4.78 is 34.7. The van der Waals surface area contributed by atoms with Gasteiger partial charge in [-0.2, -0.15) is 0 Å². The molecule has 2 heterocycles. The van der Waals surface area contributed by atoms with Gasteiger partial charge in [0.05, 0.1) is 47.8 Å². The maximum absolute atomic E-state index is 10.8. The van der Waals surface area contributed by atoms with Gasteiger partial charge < -0.3 is 33.5 Å². The van der Waals surface area contributed by atoms with Gasteiger partial charge >= 0.3 is 0 Å². The molecule has 30 heavy (non-hydrogen) atoms. The lowest BCUT2D eigenvalue weighted by molar-refractivity contribution is 0.0299. The lowest BCUT2D eigenvalue weighted by atomic mass is 9.77. The average Bonchev–Trinajstić information content (AvgIpc) is 2.97. The third-order valence-electron chi connectivity index (χ3n) is 6.48. The lowest BCUT2D eigenvalue weighted by Crippen LogP contribution is -2.15. The molecular formula is C23H28O7. The first-order chi connectivity index (χ1) is 14.4. The summed E-state index contributed by atoms with van der Waals surface area (Å²) in [6.45, 7) is 4.33. The third-order valence-corrected chi connectivity index (χ3v) is 6.48. The van der Waals surface area contributed by atoms with Crippen molar-refractivity contribution in [1.29, 1.82) is 0 Å². The largest absolute Gasteiger partial charge is 0.502 e. The van der Waals surface area contributed by atoms with Gasteiger partial charge in [-0.25, -0.2) is 0 Å². The van der Waals surface area contributed by atoms with Crippen LogP contribution >= 0.6 is 0 Å². The fourth-order valence-corrected chi connectivity index (χ4v) is 4.81. The Hall–Kier alpha value is -2.80. The summed E-state index contributed by atoms with van der Waals surface area (Å²) in [5, 5.41) is 10.8. The molecule has 4 rings (SSSR count). The molecule has 7 heteroatoms. The third kappa shape index (κ3) is 2.61. The average molecular weight is 416 g/mol. The minimum atomic E-state index is -0.263. The number of hydrogen-bond donors (Lipinski definition) is 1. The molecule has 1 fully saturated rings. The number of phenols is 1. The zero-order chi connectivity index (χ0) is 21.7. The standard InChI is InChI=1S/C23H28O7/c1-10-11(2)20-17-12(8-14(25-3)18(24)22(17)28-6)16-13(19(10)30-20)9-15(26-4)21(27-5)23(16)29-7/h8-11,19-20,24H,1-7H3/t10-,11-,19-,20+/m1/s1. The molecule has 1 saturated heterocycles. The fraction of sp³-hybridized carbons (Fsp3) is 0.478. The summed E-state index contributed by atoms with van der Waals surface area (Å²) in [4.78, 5) is 0. The Labute approximate surface area is 176 Å². The summed E-state index contributed by atoms with van der Waals surface area (Å²) in [5.41, 5.74) is 3.37. The summed E-state index contributed by atoms with van der Waals surface area (Å²) >= 11 is 0. The zero-order valence-electron chi connectivity index (χ0n) is 18.4. The highest BCUT2D eigenvalue weighted by Crippen LogP contribution is 2.63. The second-order valence-electron chi connectivity index (χ2n) is 7.73. The predicted octanol–water partition coefficient (Wildman–Crippen LogP) is 4.50. The number of ether oxygens (including phenoxy) is 6. The van der Waals surface area contributed by atoms with Crippen molar-refractivity contribution in [1.82, 2.24) is 0 Å². The zero-order valence-corrected chi connectivity index (χ0v) is 18.4. The van der Waals surface area contributed by atoms with Gasteiger partial charge in [0.1, 0.15) is 0 Å². The minimum absolute atomic E-state index is 0.0476. The van der Waals surface area contributed by atoms with Crippen LogP contribution < -0.4 is 23.7 Å². The van der Waals surface area contributed by atoms with Crippen LogP contribution in [0.3, 0.4) is 0 Å². The lowest BCUT2D eigenvalue weighted by Gasteiger charge is -2.28. The highest BCUT2D eigenvalue weighted by atomic mass is 16.5. The first-order valence-electron chi connectivity index (χ1n) is 9.89. The van der Waals surface area contributed by atoms with E-state index in [1.165, 1.54) is 14.2 Å². The smallest absolute Gasteiger partial charge is 0.203 e. The van der Waals surface area contributed by atoms with Crippen molar-refractivity contribution in [3.05, 3.63) is 23.3 Å². The number of fused-ring (bicyclic) bond motifs is 7. The first-order valence-corrected chi connectivity index (χ1v) is 9.89. The molecule has 4 atom stereocenters. The monoisotopic (exact) mass is 416 g/mol. The Bertz CT molecular complexity index is 984. The summed E-state index contributed by atoms with van der Waals surface area (Å²) in [5.74, 6) is 2.63. The second kappa shape index (κ2) is 7.47. The van der Waals surface area contributed by atoms with Crippen LogP contribution in [-0.4, -0.2) is 40.7 Å². The number of methoxy groups -OCH3 is 5. The molecule has 2 aromatic carbocycles. The molecule has 2 aliphatic rings. The highest BCUT2D eigenvalue weighted by molar-refractivity contribution is 5.86. The Morgan fingerprint density at radius 2 is 1.33 bits per heavy atom. The minimum Gasteiger partial charge on any atom is -0.502 e. The number of rotatable bonds is 5. The van der Waals surface area contributed by atoms with Gasteiger partial charge in [-0.3, -0.25) is 0 Å². The van der Waals surface area contributed by atoms with Crippen molar-refractivity contribution in [3.63, 3.8) is 0 Å². The van der Waals surface area contributed by atoms with E-state index >= 15 is 0 Å². The van der Waals surface area contributed by atoms with E-state index in [0.717, 1.165) is 22.3 Å². The van der Waals surface area contributed by atoms with Crippen molar-refractivity contribution in [2.24, 2.45) is 11.8 Å². The van der Waals surface area contributed by atoms with E-state index < -0.39 is 0 Å². The molecule has 1 N–H and O–H groups in total. The molecular weight excluding hydrogens is 388 g/mol. The maximum Gasteiger partial charge on any atom is 0.203 e. The fourth-order valence-electron chi connectivity index (χ4n) is 4.81. The molecule has 162 valence electrons. The van der Waals surface area contributed by atoms with Crippen molar-refractivity contribution < 1.29 is 33.5 Å². The molecule has 0 unspecified atom stereocenters. The Morgan fingerprint density at radius 3 is 1.90 bits per heavy atom. The molecule has 0 radical (unpaired) electrons. The topological polar surface area (TPSA) is 75.6 Å². The first kappa shape index (κ1) is 20.5. The molecule has 2 aromatic rings. The summed E-state index contributed by atoms with van der Waals surface area (Å²) in [7, 11) is 7.82. The van der Waals surface area contributed by atoms with E-state index in [0.29, 0.717) is 28.7 Å². The SMILES string of the molecule is COc1cc2c(c(OC)c1O)[C@H]1O[C@@H](c3cc(OC)c(OC)c(OC)c3-2)[C@H](C)[C@H]1C. The number of hydrogen-bond acceptors (Lipinski definition) is 7. The van der Waals surface area contributed by atoms with Crippen LogP contribution in [0.25, 0.3) is 11.1 Å². The summed E-state index contributed by atoms with van der Waals surface area (Å²) in [6.07, 6.45) is -0.445. The maximum atomic E-state index is 10.8. The molecule has 0 aromatic heterocycles. The van der Waals surface area contributed by atoms with Crippen molar-refractivity contribution >= 4 is 0 Å². The van der Waals surface area contributed by atoms with E-state index in [-0.39, 0.29) is 29.8 Å². The van der Waals surface area contributed by atoms with Gasteiger partial charge in [-0.05, 0) is 35.1 Å². The predicted molar refractivity (Wildman–Crippen MR) is 111 cm³/mol. The van der Waals surface area contributed by atoms with E-state index in [1.54, 1.807) is 21.3 Å². The van der Waals surface area contributed by atoms with E-state index in [9.17, 15) is 5.11 Å². The van der Waals surface area contributed by atoms with E-state index in [2.05, 4.69) is 13.8 Å². The quantitative estimate of drug-likeness (QED) is 0.769. The van der Waals surface area contributed by atoms with Gasteiger partial charge in [0, 0.05) is 11.1 Å². The number of aromatic hydroxyl groups is 1. The molecule has 0 aliphatic carbocycles. The highest BCUT2D eigenvalue weighted by Gasteiger charge is 2.48. The van der Waals surface area contributed by atoms with Crippen LogP contribution in [0.1, 0.15) is 37.2 Å². The summed E-state index contributed by atoms with van der Waals surface area (Å²) in [6, 6.07) is 3.76. The molecule has 0 spiro atoms. The van der Waals surface area contributed by atoms with Crippen LogP contribution in [0.15, 0.2) is 12.1 Å². The number of phenolic OH excluding ortho intramolecular Hbond substituents is 1. The second-order valence-corrected chi connectivity index (χ2v) is 7.73. The van der Waals surface area contributed by atoms with Gasteiger partial charge in [0.2, 0.25) is 11.5 Å².